The minimum absolute atomic E-state index is 0.317. The van der Waals surface area contributed by atoms with Gasteiger partial charge in [0.05, 0.1) is 7.11 Å². The van der Waals surface area contributed by atoms with Crippen LogP contribution in [-0.4, -0.2) is 33.3 Å². The van der Waals surface area contributed by atoms with Gasteiger partial charge in [-0.05, 0) is 48.9 Å². The van der Waals surface area contributed by atoms with E-state index in [-0.39, 0.29) is 0 Å². The van der Waals surface area contributed by atoms with E-state index in [9.17, 15) is 0 Å². The summed E-state index contributed by atoms with van der Waals surface area (Å²) in [5.74, 6) is 0.913. The molecule has 0 aliphatic heterocycles. The van der Waals surface area contributed by atoms with Crippen molar-refractivity contribution in [1.82, 2.24) is 5.32 Å². The molecule has 1 aliphatic carbocycles. The number of ether oxygens (including phenoxy) is 1. The van der Waals surface area contributed by atoms with Gasteiger partial charge in [-0.3, -0.25) is 0 Å². The van der Waals surface area contributed by atoms with Crippen molar-refractivity contribution >= 4 is 5.69 Å². The van der Waals surface area contributed by atoms with E-state index in [2.05, 4.69) is 43.2 Å². The molecule has 2 rings (SSSR count). The predicted molar refractivity (Wildman–Crippen MR) is 85.7 cm³/mol. The molecule has 1 aromatic carbocycles. The van der Waals surface area contributed by atoms with Crippen molar-refractivity contribution in [3.63, 3.8) is 0 Å². The van der Waals surface area contributed by atoms with E-state index in [0.717, 1.165) is 24.9 Å². The van der Waals surface area contributed by atoms with Crippen LogP contribution in [0.2, 0.25) is 0 Å². The minimum atomic E-state index is 0.317. The fourth-order valence-electron chi connectivity index (χ4n) is 2.47. The summed E-state index contributed by atoms with van der Waals surface area (Å²) < 4.78 is 5.21. The van der Waals surface area contributed by atoms with Crippen LogP contribution in [0, 0.1) is 5.41 Å². The predicted octanol–water partition coefficient (Wildman–Crippen LogP) is 3.30. The first-order valence-corrected chi connectivity index (χ1v) is 7.65. The molecule has 3 heteroatoms. The topological polar surface area (TPSA) is 24.5 Å². The van der Waals surface area contributed by atoms with Gasteiger partial charge < -0.3 is 15.0 Å². The second kappa shape index (κ2) is 6.49. The summed E-state index contributed by atoms with van der Waals surface area (Å²) in [4.78, 5) is 2.34. The molecule has 0 amide bonds. The molecule has 0 heterocycles. The molecule has 0 aromatic heterocycles. The molecule has 1 fully saturated rings. The van der Waals surface area contributed by atoms with Crippen LogP contribution in [0.3, 0.4) is 0 Å². The van der Waals surface area contributed by atoms with Crippen molar-refractivity contribution in [2.24, 2.45) is 5.41 Å². The number of anilines is 1. The molecule has 0 bridgehead atoms. The lowest BCUT2D eigenvalue weighted by Crippen LogP contribution is -2.41. The molecule has 0 saturated heterocycles. The van der Waals surface area contributed by atoms with E-state index in [1.54, 1.807) is 7.11 Å². The average Bonchev–Trinajstić information content (AvgIpc) is 3.29. The van der Waals surface area contributed by atoms with E-state index in [0.29, 0.717) is 5.41 Å². The number of hydrogen-bond acceptors (Lipinski definition) is 3. The van der Waals surface area contributed by atoms with Gasteiger partial charge in [0.25, 0.3) is 0 Å². The molecule has 1 atom stereocenters. The maximum atomic E-state index is 5.21. The Labute approximate surface area is 123 Å². The van der Waals surface area contributed by atoms with Crippen LogP contribution in [0.15, 0.2) is 24.3 Å². The molecule has 0 radical (unpaired) electrons. The second-order valence-electron chi connectivity index (χ2n) is 6.37. The summed E-state index contributed by atoms with van der Waals surface area (Å²) in [5, 5.41) is 3.68. The molecule has 1 N–H and O–H groups in total. The number of rotatable bonds is 8. The molecular formula is C17H28N2O. The van der Waals surface area contributed by atoms with Crippen molar-refractivity contribution in [2.75, 3.05) is 32.1 Å². The first-order valence-electron chi connectivity index (χ1n) is 7.65. The van der Waals surface area contributed by atoms with Gasteiger partial charge in [-0.1, -0.05) is 13.8 Å². The lowest BCUT2D eigenvalue weighted by atomic mass is 9.86. The highest BCUT2D eigenvalue weighted by molar-refractivity contribution is 5.48. The molecular weight excluding hydrogens is 248 g/mol. The molecule has 0 spiro atoms. The van der Waals surface area contributed by atoms with Gasteiger partial charge in [-0.25, -0.2) is 0 Å². The van der Waals surface area contributed by atoms with Crippen LogP contribution in [0.25, 0.3) is 0 Å². The Kier molecular flexibility index (Phi) is 4.92. The molecule has 1 aliphatic rings. The van der Waals surface area contributed by atoms with Crippen LogP contribution >= 0.6 is 0 Å². The highest BCUT2D eigenvalue weighted by Crippen LogP contribution is 2.27. The molecule has 112 valence electrons. The number of nitrogens with zero attached hydrogens (tertiary/aromatic N) is 1. The first-order chi connectivity index (χ1) is 9.56. The zero-order chi connectivity index (χ0) is 14.6. The fourth-order valence-corrected chi connectivity index (χ4v) is 2.47. The van der Waals surface area contributed by atoms with Gasteiger partial charge in [0.2, 0.25) is 0 Å². The summed E-state index contributed by atoms with van der Waals surface area (Å²) in [7, 11) is 3.88. The highest BCUT2D eigenvalue weighted by atomic mass is 16.5. The van der Waals surface area contributed by atoms with E-state index in [1.807, 2.05) is 12.1 Å². The van der Waals surface area contributed by atoms with Gasteiger partial charge in [0, 0.05) is 31.9 Å². The van der Waals surface area contributed by atoms with Crippen molar-refractivity contribution in [3.8, 4) is 5.75 Å². The second-order valence-corrected chi connectivity index (χ2v) is 6.37. The van der Waals surface area contributed by atoms with Crippen LogP contribution in [0.1, 0.15) is 33.1 Å². The third kappa shape index (κ3) is 4.14. The fraction of sp³-hybridized carbons (Fsp3) is 0.647. The van der Waals surface area contributed by atoms with Crippen LogP contribution in [0.5, 0.6) is 5.75 Å². The van der Waals surface area contributed by atoms with E-state index in [4.69, 9.17) is 4.74 Å². The maximum Gasteiger partial charge on any atom is 0.119 e. The Morgan fingerprint density at radius 3 is 2.45 bits per heavy atom. The standard InChI is InChI=1S/C17H28N2O/c1-5-17(2,12-18-14-6-7-14)13-19(3)15-8-10-16(20-4)11-9-15/h8-11,14,18H,5-7,12-13H2,1-4H3. The normalized spacial score (nSPS) is 17.6. The molecule has 1 unspecified atom stereocenters. The molecule has 3 nitrogen and oxygen atoms in total. The summed E-state index contributed by atoms with van der Waals surface area (Å²) >= 11 is 0. The number of methoxy groups -OCH3 is 1. The average molecular weight is 276 g/mol. The Bertz CT molecular complexity index is 414. The van der Waals surface area contributed by atoms with Crippen molar-refractivity contribution in [3.05, 3.63) is 24.3 Å². The van der Waals surface area contributed by atoms with Gasteiger partial charge in [0.15, 0.2) is 0 Å². The Morgan fingerprint density at radius 2 is 1.95 bits per heavy atom. The molecule has 1 saturated carbocycles. The third-order valence-corrected chi connectivity index (χ3v) is 4.38. The quantitative estimate of drug-likeness (QED) is 0.788. The van der Waals surface area contributed by atoms with Crippen molar-refractivity contribution in [2.45, 2.75) is 39.2 Å². The zero-order valence-corrected chi connectivity index (χ0v) is 13.3. The highest BCUT2D eigenvalue weighted by Gasteiger charge is 2.28. The van der Waals surface area contributed by atoms with Gasteiger partial charge >= 0.3 is 0 Å². The van der Waals surface area contributed by atoms with Crippen LogP contribution in [-0.2, 0) is 0 Å². The summed E-state index contributed by atoms with van der Waals surface area (Å²) in [6, 6.07) is 9.09. The Hall–Kier alpha value is -1.22. The lowest BCUT2D eigenvalue weighted by Gasteiger charge is -2.34. The van der Waals surface area contributed by atoms with E-state index < -0.39 is 0 Å². The third-order valence-electron chi connectivity index (χ3n) is 4.38. The SMILES string of the molecule is CCC(C)(CNC1CC1)CN(C)c1ccc(OC)cc1. The molecule has 20 heavy (non-hydrogen) atoms. The van der Waals surface area contributed by atoms with E-state index in [1.165, 1.54) is 24.9 Å². The monoisotopic (exact) mass is 276 g/mol. The van der Waals surface area contributed by atoms with Gasteiger partial charge in [-0.2, -0.15) is 0 Å². The smallest absolute Gasteiger partial charge is 0.119 e. The van der Waals surface area contributed by atoms with Gasteiger partial charge in [0.1, 0.15) is 5.75 Å². The Balaban J connectivity index is 1.93. The number of benzene rings is 1. The zero-order valence-electron chi connectivity index (χ0n) is 13.3. The largest absolute Gasteiger partial charge is 0.497 e. The van der Waals surface area contributed by atoms with Crippen LogP contribution in [0.4, 0.5) is 5.69 Å². The van der Waals surface area contributed by atoms with Crippen LogP contribution < -0.4 is 15.0 Å². The van der Waals surface area contributed by atoms with Crippen molar-refractivity contribution in [1.29, 1.82) is 0 Å². The first kappa shape index (κ1) is 15.2. The summed E-state index contributed by atoms with van der Waals surface area (Å²) in [6.07, 6.45) is 3.90. The number of hydrogen-bond donors (Lipinski definition) is 1. The van der Waals surface area contributed by atoms with Crippen molar-refractivity contribution < 1.29 is 4.74 Å². The number of nitrogens with one attached hydrogen (secondary N) is 1. The molecule has 1 aromatic rings. The summed E-state index contributed by atoms with van der Waals surface area (Å²) in [6.45, 7) is 6.84. The minimum Gasteiger partial charge on any atom is -0.497 e. The Morgan fingerprint density at radius 1 is 1.30 bits per heavy atom. The lowest BCUT2D eigenvalue weighted by molar-refractivity contribution is 0.298. The van der Waals surface area contributed by atoms with E-state index >= 15 is 0 Å². The van der Waals surface area contributed by atoms with Gasteiger partial charge in [-0.15, -0.1) is 0 Å². The summed E-state index contributed by atoms with van der Waals surface area (Å²) in [5.41, 5.74) is 1.56. The maximum absolute atomic E-state index is 5.21.